The summed E-state index contributed by atoms with van der Waals surface area (Å²) in [6.07, 6.45) is 5.18. The van der Waals surface area contributed by atoms with Gasteiger partial charge < -0.3 is 15.4 Å². The molecule has 1 aromatic rings. The molecule has 0 unspecified atom stereocenters. The van der Waals surface area contributed by atoms with E-state index in [0.29, 0.717) is 19.2 Å². The molecule has 0 amide bonds. The first-order valence-electron chi connectivity index (χ1n) is 7.93. The van der Waals surface area contributed by atoms with Crippen LogP contribution >= 0.6 is 24.0 Å². The van der Waals surface area contributed by atoms with Crippen LogP contribution in [0.25, 0.3) is 0 Å². The Kier molecular flexibility index (Phi) is 9.47. The molecule has 5 heteroatoms. The molecular weight excluding hydrogens is 389 g/mol. The summed E-state index contributed by atoms with van der Waals surface area (Å²) >= 11 is 0. The Morgan fingerprint density at radius 3 is 2.41 bits per heavy atom. The van der Waals surface area contributed by atoms with Gasteiger partial charge in [0.15, 0.2) is 5.96 Å². The van der Waals surface area contributed by atoms with Crippen molar-refractivity contribution in [2.45, 2.75) is 51.8 Å². The van der Waals surface area contributed by atoms with Crippen molar-refractivity contribution in [1.29, 1.82) is 0 Å². The molecule has 0 heterocycles. The van der Waals surface area contributed by atoms with E-state index < -0.39 is 0 Å². The van der Waals surface area contributed by atoms with E-state index in [1.54, 1.807) is 7.11 Å². The number of benzene rings is 1. The highest BCUT2D eigenvalue weighted by Gasteiger charge is 2.15. The first-order valence-corrected chi connectivity index (χ1v) is 7.93. The lowest BCUT2D eigenvalue weighted by Gasteiger charge is -2.16. The van der Waals surface area contributed by atoms with Gasteiger partial charge in [-0.25, -0.2) is 4.99 Å². The second-order valence-electron chi connectivity index (χ2n) is 5.57. The lowest BCUT2D eigenvalue weighted by atomic mass is 10.1. The predicted octanol–water partition coefficient (Wildman–Crippen LogP) is 3.45. The fourth-order valence-electron chi connectivity index (χ4n) is 2.66. The van der Waals surface area contributed by atoms with Gasteiger partial charge >= 0.3 is 0 Å². The molecule has 0 radical (unpaired) electrons. The fraction of sp³-hybridized carbons (Fsp3) is 0.588. The largest absolute Gasteiger partial charge is 0.380 e. The van der Waals surface area contributed by atoms with Gasteiger partial charge in [-0.05, 0) is 30.9 Å². The van der Waals surface area contributed by atoms with Crippen LogP contribution in [0.5, 0.6) is 0 Å². The second kappa shape index (κ2) is 10.8. The van der Waals surface area contributed by atoms with Crippen LogP contribution in [0.1, 0.15) is 43.7 Å². The fourth-order valence-corrected chi connectivity index (χ4v) is 2.66. The van der Waals surface area contributed by atoms with Crippen LogP contribution < -0.4 is 10.6 Å². The van der Waals surface area contributed by atoms with Gasteiger partial charge in [0.25, 0.3) is 0 Å². The minimum atomic E-state index is 0. The zero-order valence-corrected chi connectivity index (χ0v) is 15.9. The normalized spacial score (nSPS) is 15.5. The van der Waals surface area contributed by atoms with Crippen molar-refractivity contribution in [3.8, 4) is 0 Å². The van der Waals surface area contributed by atoms with Crippen LogP contribution in [-0.2, 0) is 17.9 Å². The van der Waals surface area contributed by atoms with Crippen molar-refractivity contribution in [2.75, 3.05) is 13.7 Å². The molecule has 0 bridgehead atoms. The molecule has 22 heavy (non-hydrogen) atoms. The lowest BCUT2D eigenvalue weighted by Crippen LogP contribution is -2.42. The highest BCUT2D eigenvalue weighted by atomic mass is 127. The molecule has 0 aromatic heterocycles. The second-order valence-corrected chi connectivity index (χ2v) is 5.57. The van der Waals surface area contributed by atoms with Crippen molar-refractivity contribution in [3.05, 3.63) is 35.4 Å². The average Bonchev–Trinajstić information content (AvgIpc) is 3.00. The Bertz CT molecular complexity index is 442. The number of aliphatic imine (C=N–C) groups is 1. The summed E-state index contributed by atoms with van der Waals surface area (Å²) in [6, 6.07) is 9.04. The van der Waals surface area contributed by atoms with Crippen LogP contribution in [0.15, 0.2) is 29.3 Å². The van der Waals surface area contributed by atoms with E-state index in [9.17, 15) is 0 Å². The SMILES string of the molecule is CCNC(=NCc1ccc(COC)cc1)NC1CCCC1.I. The number of guanidine groups is 1. The zero-order chi connectivity index (χ0) is 14.9. The van der Waals surface area contributed by atoms with Gasteiger partial charge in [0.2, 0.25) is 0 Å². The maximum absolute atomic E-state index is 5.12. The molecule has 2 N–H and O–H groups in total. The van der Waals surface area contributed by atoms with Crippen molar-refractivity contribution in [1.82, 2.24) is 10.6 Å². The maximum atomic E-state index is 5.12. The molecule has 1 aliphatic rings. The predicted molar refractivity (Wildman–Crippen MR) is 103 cm³/mol. The van der Waals surface area contributed by atoms with E-state index in [1.165, 1.54) is 36.8 Å². The van der Waals surface area contributed by atoms with E-state index in [4.69, 9.17) is 4.74 Å². The summed E-state index contributed by atoms with van der Waals surface area (Å²) in [5, 5.41) is 6.87. The maximum Gasteiger partial charge on any atom is 0.191 e. The molecule has 124 valence electrons. The topological polar surface area (TPSA) is 45.7 Å². The zero-order valence-electron chi connectivity index (χ0n) is 13.6. The Labute approximate surface area is 151 Å². The summed E-state index contributed by atoms with van der Waals surface area (Å²) in [5.41, 5.74) is 2.42. The van der Waals surface area contributed by atoms with Crippen LogP contribution in [0.3, 0.4) is 0 Å². The molecule has 1 aliphatic carbocycles. The van der Waals surface area contributed by atoms with Gasteiger partial charge in [0, 0.05) is 19.7 Å². The molecule has 0 saturated heterocycles. The van der Waals surface area contributed by atoms with Crippen LogP contribution in [0.4, 0.5) is 0 Å². The smallest absolute Gasteiger partial charge is 0.191 e. The molecule has 2 rings (SSSR count). The van der Waals surface area contributed by atoms with Gasteiger partial charge in [-0.1, -0.05) is 37.1 Å². The van der Waals surface area contributed by atoms with Crippen molar-refractivity contribution < 1.29 is 4.74 Å². The highest BCUT2D eigenvalue weighted by Crippen LogP contribution is 2.17. The third kappa shape index (κ3) is 6.52. The van der Waals surface area contributed by atoms with Crippen LogP contribution in [0.2, 0.25) is 0 Å². The Balaban J connectivity index is 0.00000242. The number of rotatable bonds is 6. The molecular formula is C17H28IN3O. The molecule has 4 nitrogen and oxygen atoms in total. The molecule has 0 aliphatic heterocycles. The Morgan fingerprint density at radius 2 is 1.82 bits per heavy atom. The molecule has 1 saturated carbocycles. The number of methoxy groups -OCH3 is 1. The van der Waals surface area contributed by atoms with E-state index in [2.05, 4.69) is 46.8 Å². The van der Waals surface area contributed by atoms with E-state index in [1.807, 2.05) is 0 Å². The van der Waals surface area contributed by atoms with Crippen molar-refractivity contribution in [3.63, 3.8) is 0 Å². The Morgan fingerprint density at radius 1 is 1.18 bits per heavy atom. The number of halogens is 1. The van der Waals surface area contributed by atoms with Gasteiger partial charge in [0.1, 0.15) is 0 Å². The van der Waals surface area contributed by atoms with Gasteiger partial charge in [-0.3, -0.25) is 0 Å². The number of hydrogen-bond donors (Lipinski definition) is 2. The van der Waals surface area contributed by atoms with E-state index in [-0.39, 0.29) is 24.0 Å². The number of hydrogen-bond acceptors (Lipinski definition) is 2. The summed E-state index contributed by atoms with van der Waals surface area (Å²) < 4.78 is 5.12. The van der Waals surface area contributed by atoms with E-state index in [0.717, 1.165) is 12.5 Å². The first-order chi connectivity index (χ1) is 10.3. The first kappa shape index (κ1) is 19.2. The standard InChI is InChI=1S/C17H27N3O.HI/c1-3-18-17(20-16-6-4-5-7-16)19-12-14-8-10-15(11-9-14)13-21-2;/h8-11,16H,3-7,12-13H2,1-2H3,(H2,18,19,20);1H. The highest BCUT2D eigenvalue weighted by molar-refractivity contribution is 14.0. The summed E-state index contributed by atoms with van der Waals surface area (Å²) in [5.74, 6) is 0.936. The van der Waals surface area contributed by atoms with Gasteiger partial charge in [-0.2, -0.15) is 0 Å². The summed E-state index contributed by atoms with van der Waals surface area (Å²) in [6.45, 7) is 4.36. The van der Waals surface area contributed by atoms with Crippen LogP contribution in [0, 0.1) is 0 Å². The third-order valence-electron chi connectivity index (χ3n) is 3.79. The quantitative estimate of drug-likeness (QED) is 0.424. The molecule has 1 aromatic carbocycles. The number of nitrogens with one attached hydrogen (secondary N) is 2. The minimum absolute atomic E-state index is 0. The van der Waals surface area contributed by atoms with E-state index >= 15 is 0 Å². The molecule has 0 atom stereocenters. The minimum Gasteiger partial charge on any atom is -0.380 e. The van der Waals surface area contributed by atoms with Crippen molar-refractivity contribution >= 4 is 29.9 Å². The van der Waals surface area contributed by atoms with Gasteiger partial charge in [-0.15, -0.1) is 24.0 Å². The summed E-state index contributed by atoms with van der Waals surface area (Å²) in [4.78, 5) is 4.69. The Hall–Kier alpha value is -0.820. The van der Waals surface area contributed by atoms with Crippen LogP contribution in [-0.4, -0.2) is 25.7 Å². The average molecular weight is 417 g/mol. The molecule has 0 spiro atoms. The summed E-state index contributed by atoms with van der Waals surface area (Å²) in [7, 11) is 1.72. The number of nitrogens with zero attached hydrogens (tertiary/aromatic N) is 1. The third-order valence-corrected chi connectivity index (χ3v) is 3.79. The van der Waals surface area contributed by atoms with Crippen molar-refractivity contribution in [2.24, 2.45) is 4.99 Å². The molecule has 1 fully saturated rings. The van der Waals surface area contributed by atoms with Gasteiger partial charge in [0.05, 0.1) is 13.2 Å². The lowest BCUT2D eigenvalue weighted by molar-refractivity contribution is 0.185. The monoisotopic (exact) mass is 417 g/mol. The number of ether oxygens (including phenoxy) is 1.